The summed E-state index contributed by atoms with van der Waals surface area (Å²) in [5, 5.41) is 5.00. The van der Waals surface area contributed by atoms with Gasteiger partial charge in [0.2, 0.25) is 0 Å². The number of nitrogens with zero attached hydrogens (tertiary/aromatic N) is 1. The fourth-order valence-corrected chi connectivity index (χ4v) is 3.12. The van der Waals surface area contributed by atoms with Crippen LogP contribution in [-0.2, 0) is 9.63 Å². The van der Waals surface area contributed by atoms with Crippen molar-refractivity contribution in [2.45, 2.75) is 39.2 Å². The molecule has 26 heavy (non-hydrogen) atoms. The van der Waals surface area contributed by atoms with Gasteiger partial charge in [0.1, 0.15) is 5.75 Å². The molecule has 1 aromatic carbocycles. The maximum absolute atomic E-state index is 12.7. The summed E-state index contributed by atoms with van der Waals surface area (Å²) < 4.78 is 5.24. The molecule has 2 atom stereocenters. The fraction of sp³-hybridized carbons (Fsp3) is 0.556. The molecule has 2 rings (SSSR count). The zero-order valence-electron chi connectivity index (χ0n) is 15.4. The number of methoxy groups -OCH3 is 1. The van der Waals surface area contributed by atoms with E-state index in [-0.39, 0.29) is 23.8 Å². The van der Waals surface area contributed by atoms with Crippen molar-refractivity contribution < 1.29 is 19.2 Å². The van der Waals surface area contributed by atoms with Crippen LogP contribution >= 0.6 is 11.6 Å². The lowest BCUT2D eigenvalue weighted by Crippen LogP contribution is -2.50. The highest BCUT2D eigenvalue weighted by atomic mass is 35.5. The molecule has 0 bridgehead atoms. The number of carbonyl (C=O) groups is 2. The molecule has 1 aromatic rings. The molecule has 1 heterocycles. The van der Waals surface area contributed by atoms with E-state index in [9.17, 15) is 9.59 Å². The minimum Gasteiger partial charge on any atom is -0.496 e. The SMILES string of the molecule is CCCC(=O)ON1CC[C@@H](NC(=O)c2cc(Cl)c(N)cc2OC)[C@@H](C)C1. The molecule has 0 unspecified atom stereocenters. The van der Waals surface area contributed by atoms with Crippen LogP contribution < -0.4 is 15.8 Å². The highest BCUT2D eigenvalue weighted by molar-refractivity contribution is 6.33. The zero-order valence-corrected chi connectivity index (χ0v) is 16.1. The molecule has 0 aliphatic carbocycles. The van der Waals surface area contributed by atoms with E-state index < -0.39 is 0 Å². The molecule has 0 aromatic heterocycles. The largest absolute Gasteiger partial charge is 0.496 e. The normalized spacial score (nSPS) is 20.5. The molecule has 1 amide bonds. The standard InChI is InChI=1S/C18H26ClN3O4/c1-4-5-17(23)26-22-7-6-15(11(2)10-22)21-18(24)12-8-13(19)14(20)9-16(12)25-3/h8-9,11,15H,4-7,10,20H2,1-3H3,(H,21,24)/t11-,15+/m0/s1. The van der Waals surface area contributed by atoms with Gasteiger partial charge in [0, 0.05) is 31.6 Å². The number of hydrogen-bond donors (Lipinski definition) is 2. The first-order chi connectivity index (χ1) is 12.3. The smallest absolute Gasteiger partial charge is 0.325 e. The fourth-order valence-electron chi connectivity index (χ4n) is 2.96. The number of ether oxygens (including phenoxy) is 1. The van der Waals surface area contributed by atoms with Gasteiger partial charge in [-0.05, 0) is 24.8 Å². The Morgan fingerprint density at radius 2 is 2.15 bits per heavy atom. The third-order valence-corrected chi connectivity index (χ3v) is 4.76. The Balaban J connectivity index is 1.98. The van der Waals surface area contributed by atoms with Crippen LogP contribution in [0.25, 0.3) is 0 Å². The van der Waals surface area contributed by atoms with Gasteiger partial charge in [-0.2, -0.15) is 0 Å². The summed E-state index contributed by atoms with van der Waals surface area (Å²) in [5.74, 6) is 0.0147. The van der Waals surface area contributed by atoms with Crippen LogP contribution in [-0.4, -0.2) is 43.2 Å². The number of carbonyl (C=O) groups excluding carboxylic acids is 2. The summed E-state index contributed by atoms with van der Waals surface area (Å²) in [5.41, 5.74) is 6.46. The molecule has 1 fully saturated rings. The number of hydroxylamine groups is 2. The highest BCUT2D eigenvalue weighted by Crippen LogP contribution is 2.29. The second-order valence-electron chi connectivity index (χ2n) is 6.52. The van der Waals surface area contributed by atoms with Crippen LogP contribution in [0.4, 0.5) is 5.69 Å². The number of benzene rings is 1. The van der Waals surface area contributed by atoms with Crippen LogP contribution in [0.15, 0.2) is 12.1 Å². The van der Waals surface area contributed by atoms with Gasteiger partial charge in [-0.25, -0.2) is 0 Å². The van der Waals surface area contributed by atoms with E-state index in [0.29, 0.717) is 48.0 Å². The van der Waals surface area contributed by atoms with Gasteiger partial charge < -0.3 is 20.6 Å². The second kappa shape index (κ2) is 9.09. The molecule has 1 aliphatic heterocycles. The maximum Gasteiger partial charge on any atom is 0.325 e. The lowest BCUT2D eigenvalue weighted by molar-refractivity contribution is -0.199. The Morgan fingerprint density at radius 1 is 1.42 bits per heavy atom. The maximum atomic E-state index is 12.7. The van der Waals surface area contributed by atoms with Crippen molar-refractivity contribution >= 4 is 29.2 Å². The van der Waals surface area contributed by atoms with Crippen molar-refractivity contribution in [2.75, 3.05) is 25.9 Å². The van der Waals surface area contributed by atoms with Crippen LogP contribution in [0.1, 0.15) is 43.5 Å². The lowest BCUT2D eigenvalue weighted by Gasteiger charge is -2.35. The van der Waals surface area contributed by atoms with Gasteiger partial charge in [-0.15, -0.1) is 5.06 Å². The molecule has 1 aliphatic rings. The van der Waals surface area contributed by atoms with E-state index in [1.807, 2.05) is 13.8 Å². The molecule has 0 spiro atoms. The molecule has 144 valence electrons. The van der Waals surface area contributed by atoms with Crippen molar-refractivity contribution in [1.29, 1.82) is 0 Å². The number of nitrogens with one attached hydrogen (secondary N) is 1. The molecule has 3 N–H and O–H groups in total. The summed E-state index contributed by atoms with van der Waals surface area (Å²) >= 11 is 6.04. The molecule has 1 saturated heterocycles. The van der Waals surface area contributed by atoms with Crippen LogP contribution in [0, 0.1) is 5.92 Å². The molecular formula is C18H26ClN3O4. The number of hydrogen-bond acceptors (Lipinski definition) is 6. The van der Waals surface area contributed by atoms with E-state index >= 15 is 0 Å². The van der Waals surface area contributed by atoms with Crippen molar-refractivity contribution in [3.8, 4) is 5.75 Å². The lowest BCUT2D eigenvalue weighted by atomic mass is 9.94. The number of rotatable bonds is 6. The van der Waals surface area contributed by atoms with E-state index in [0.717, 1.165) is 6.42 Å². The third-order valence-electron chi connectivity index (χ3n) is 4.43. The Bertz CT molecular complexity index is 668. The Hall–Kier alpha value is -1.99. The molecular weight excluding hydrogens is 358 g/mol. The predicted octanol–water partition coefficient (Wildman–Crippen LogP) is 2.63. The number of nitrogen functional groups attached to an aromatic ring is 1. The van der Waals surface area contributed by atoms with Crippen molar-refractivity contribution in [2.24, 2.45) is 5.92 Å². The van der Waals surface area contributed by atoms with Crippen molar-refractivity contribution in [1.82, 2.24) is 10.4 Å². The number of piperidine rings is 1. The van der Waals surface area contributed by atoms with E-state index in [1.165, 1.54) is 19.2 Å². The van der Waals surface area contributed by atoms with Crippen molar-refractivity contribution in [3.63, 3.8) is 0 Å². The number of amides is 1. The summed E-state index contributed by atoms with van der Waals surface area (Å²) in [4.78, 5) is 29.6. The van der Waals surface area contributed by atoms with Gasteiger partial charge in [0.05, 0.1) is 23.4 Å². The number of nitrogens with two attached hydrogens (primary N) is 1. The first kappa shape index (κ1) is 20.3. The van der Waals surface area contributed by atoms with Gasteiger partial charge in [0.15, 0.2) is 0 Å². The van der Waals surface area contributed by atoms with Gasteiger partial charge in [-0.3, -0.25) is 9.59 Å². The summed E-state index contributed by atoms with van der Waals surface area (Å²) in [6, 6.07) is 3.01. The topological polar surface area (TPSA) is 93.9 Å². The minimum absolute atomic E-state index is 0.0374. The Kier molecular flexibility index (Phi) is 7.11. The van der Waals surface area contributed by atoms with Gasteiger partial charge in [0.25, 0.3) is 5.91 Å². The molecule has 8 heteroatoms. The van der Waals surface area contributed by atoms with Gasteiger partial charge >= 0.3 is 5.97 Å². The van der Waals surface area contributed by atoms with Crippen LogP contribution in [0.3, 0.4) is 0 Å². The average Bonchev–Trinajstić information content (AvgIpc) is 2.59. The number of halogens is 1. The summed E-state index contributed by atoms with van der Waals surface area (Å²) in [6.45, 7) is 5.09. The third kappa shape index (κ3) is 5.02. The molecule has 0 radical (unpaired) electrons. The van der Waals surface area contributed by atoms with Crippen molar-refractivity contribution in [3.05, 3.63) is 22.7 Å². The summed E-state index contributed by atoms with van der Waals surface area (Å²) in [6.07, 6.45) is 1.84. The first-order valence-corrected chi connectivity index (χ1v) is 9.13. The van der Waals surface area contributed by atoms with Crippen LogP contribution in [0.5, 0.6) is 5.75 Å². The number of anilines is 1. The van der Waals surface area contributed by atoms with Crippen LogP contribution in [0.2, 0.25) is 5.02 Å². The zero-order chi connectivity index (χ0) is 19.3. The Morgan fingerprint density at radius 3 is 2.77 bits per heavy atom. The van der Waals surface area contributed by atoms with E-state index in [4.69, 9.17) is 26.9 Å². The quantitative estimate of drug-likeness (QED) is 0.733. The predicted molar refractivity (Wildman–Crippen MR) is 100 cm³/mol. The van der Waals surface area contributed by atoms with E-state index in [2.05, 4.69) is 5.32 Å². The highest BCUT2D eigenvalue weighted by Gasteiger charge is 2.30. The monoisotopic (exact) mass is 383 g/mol. The minimum atomic E-state index is -0.267. The second-order valence-corrected chi connectivity index (χ2v) is 6.93. The summed E-state index contributed by atoms with van der Waals surface area (Å²) in [7, 11) is 1.48. The van der Waals surface area contributed by atoms with E-state index in [1.54, 1.807) is 5.06 Å². The Labute approximate surface area is 158 Å². The average molecular weight is 384 g/mol. The van der Waals surface area contributed by atoms with Gasteiger partial charge in [-0.1, -0.05) is 25.4 Å². The first-order valence-electron chi connectivity index (χ1n) is 8.75. The molecule has 7 nitrogen and oxygen atoms in total. The molecule has 0 saturated carbocycles.